The molecule has 1 atom stereocenters. The summed E-state index contributed by atoms with van der Waals surface area (Å²) in [4.78, 5) is 38.1. The fourth-order valence-electron chi connectivity index (χ4n) is 7.76. The number of esters is 3. The van der Waals surface area contributed by atoms with Crippen molar-refractivity contribution in [1.29, 1.82) is 0 Å². The van der Waals surface area contributed by atoms with E-state index >= 15 is 0 Å². The predicted octanol–water partition coefficient (Wildman–Crippen LogP) is 19.3. The SMILES string of the molecule is CC/C=C\C/C=C\C/C=C\CCCCCCCCC(=O)OCC(COC(=O)CCCCCCC/C=C\C=C/CCCCCCCCC)OC(=O)CCC/C=C\C/C=C\C/C=C\CCCCCCCC. The first-order valence-corrected chi connectivity index (χ1v) is 28.8. The highest BCUT2D eigenvalue weighted by Crippen LogP contribution is 2.14. The smallest absolute Gasteiger partial charge is 0.306 e. The lowest BCUT2D eigenvalue weighted by Gasteiger charge is -2.18. The summed E-state index contributed by atoms with van der Waals surface area (Å²) in [5.74, 6) is -0.987. The topological polar surface area (TPSA) is 78.9 Å². The van der Waals surface area contributed by atoms with E-state index in [9.17, 15) is 14.4 Å². The summed E-state index contributed by atoms with van der Waals surface area (Å²) in [7, 11) is 0. The predicted molar refractivity (Wildman–Crippen MR) is 297 cm³/mol. The first-order valence-electron chi connectivity index (χ1n) is 28.8. The molecule has 0 aromatic carbocycles. The molecule has 0 amide bonds. The summed E-state index contributed by atoms with van der Waals surface area (Å²) in [5, 5.41) is 0. The summed E-state index contributed by atoms with van der Waals surface area (Å²) < 4.78 is 16.8. The van der Waals surface area contributed by atoms with Gasteiger partial charge < -0.3 is 14.2 Å². The number of ether oxygens (including phenoxy) is 3. The van der Waals surface area contributed by atoms with Gasteiger partial charge in [-0.1, -0.05) is 234 Å². The number of rotatable bonds is 51. The minimum atomic E-state index is -0.817. The fraction of sp³-hybridized carbons (Fsp3) is 0.698. The molecule has 0 fully saturated rings. The van der Waals surface area contributed by atoms with E-state index in [0.717, 1.165) is 109 Å². The standard InChI is InChI=1S/C63H106O6/c1-4-7-10-13-16-19-22-25-28-31-33-35-38-41-44-47-50-53-56-62(65)68-59-60(58-67-61(64)55-52-49-46-43-40-37-34-30-27-24-21-18-15-12-9-6-3)69-63(66)57-54-51-48-45-42-39-36-32-29-26-23-20-17-14-11-8-5-2/h9,12,18,21,26-31,33,35-36,39,45,48,60H,4-8,10-11,13-17,19-20,22-25,32,34,37-38,40-44,46-47,49-59H2,1-3H3/b12-9-,21-18-,29-26-,30-27-,31-28-,35-33-,39-36-,48-45-. The Morgan fingerprint density at radius 3 is 1.01 bits per heavy atom. The molecule has 1 unspecified atom stereocenters. The van der Waals surface area contributed by atoms with E-state index in [4.69, 9.17) is 14.2 Å². The van der Waals surface area contributed by atoms with Crippen molar-refractivity contribution in [1.82, 2.24) is 0 Å². The van der Waals surface area contributed by atoms with Crippen LogP contribution in [0.2, 0.25) is 0 Å². The second-order valence-electron chi connectivity index (χ2n) is 18.8. The molecule has 0 aliphatic heterocycles. The van der Waals surface area contributed by atoms with Gasteiger partial charge in [0.2, 0.25) is 0 Å². The van der Waals surface area contributed by atoms with Crippen LogP contribution in [0, 0.1) is 0 Å². The van der Waals surface area contributed by atoms with Gasteiger partial charge in [0, 0.05) is 19.3 Å². The summed E-state index contributed by atoms with van der Waals surface area (Å²) in [6, 6.07) is 0. The zero-order valence-electron chi connectivity index (χ0n) is 45.0. The van der Waals surface area contributed by atoms with E-state index in [0.29, 0.717) is 19.3 Å². The van der Waals surface area contributed by atoms with Crippen LogP contribution in [0.3, 0.4) is 0 Å². The number of carbonyl (C=O) groups excluding carboxylic acids is 3. The van der Waals surface area contributed by atoms with Crippen LogP contribution in [-0.4, -0.2) is 37.2 Å². The van der Waals surface area contributed by atoms with E-state index in [1.54, 1.807) is 0 Å². The van der Waals surface area contributed by atoms with Crippen molar-refractivity contribution in [2.75, 3.05) is 13.2 Å². The summed E-state index contributed by atoms with van der Waals surface area (Å²) in [5.41, 5.74) is 0. The van der Waals surface area contributed by atoms with Gasteiger partial charge in [-0.3, -0.25) is 14.4 Å². The minimum Gasteiger partial charge on any atom is -0.462 e. The van der Waals surface area contributed by atoms with Gasteiger partial charge in [0.15, 0.2) is 6.10 Å². The Balaban J connectivity index is 4.51. The van der Waals surface area contributed by atoms with Crippen molar-refractivity contribution in [3.05, 3.63) is 97.2 Å². The van der Waals surface area contributed by atoms with Crippen LogP contribution >= 0.6 is 0 Å². The van der Waals surface area contributed by atoms with Crippen molar-refractivity contribution in [3.8, 4) is 0 Å². The Labute approximate surface area is 426 Å². The van der Waals surface area contributed by atoms with E-state index < -0.39 is 6.10 Å². The van der Waals surface area contributed by atoms with E-state index in [1.807, 2.05) is 0 Å². The van der Waals surface area contributed by atoms with Crippen LogP contribution in [0.1, 0.15) is 265 Å². The summed E-state index contributed by atoms with van der Waals surface area (Å²) >= 11 is 0. The molecule has 6 nitrogen and oxygen atoms in total. The van der Waals surface area contributed by atoms with Crippen LogP contribution in [0.5, 0.6) is 0 Å². The van der Waals surface area contributed by atoms with Gasteiger partial charge in [-0.25, -0.2) is 0 Å². The number of hydrogen-bond acceptors (Lipinski definition) is 6. The van der Waals surface area contributed by atoms with Crippen molar-refractivity contribution in [2.24, 2.45) is 0 Å². The molecule has 69 heavy (non-hydrogen) atoms. The van der Waals surface area contributed by atoms with Crippen LogP contribution < -0.4 is 0 Å². The molecule has 0 N–H and O–H groups in total. The van der Waals surface area contributed by atoms with Crippen molar-refractivity contribution >= 4 is 17.9 Å². The Morgan fingerprint density at radius 1 is 0.319 bits per heavy atom. The Morgan fingerprint density at radius 2 is 0.623 bits per heavy atom. The lowest BCUT2D eigenvalue weighted by Crippen LogP contribution is -2.30. The van der Waals surface area contributed by atoms with Gasteiger partial charge in [0.1, 0.15) is 13.2 Å². The van der Waals surface area contributed by atoms with Crippen LogP contribution in [0.15, 0.2) is 97.2 Å². The molecule has 0 rings (SSSR count). The third-order valence-corrected chi connectivity index (χ3v) is 12.1. The molecule has 394 valence electrons. The molecule has 0 radical (unpaired) electrons. The van der Waals surface area contributed by atoms with Crippen molar-refractivity contribution in [2.45, 2.75) is 271 Å². The van der Waals surface area contributed by atoms with Gasteiger partial charge >= 0.3 is 17.9 Å². The van der Waals surface area contributed by atoms with Gasteiger partial charge in [-0.15, -0.1) is 0 Å². The molecule has 0 spiro atoms. The highest BCUT2D eigenvalue weighted by atomic mass is 16.6. The largest absolute Gasteiger partial charge is 0.462 e. The van der Waals surface area contributed by atoms with E-state index in [1.165, 1.54) is 109 Å². The maximum Gasteiger partial charge on any atom is 0.306 e. The molecule has 0 aromatic heterocycles. The Kier molecular flexibility index (Phi) is 53.9. The average Bonchev–Trinajstić information content (AvgIpc) is 3.35. The zero-order valence-corrected chi connectivity index (χ0v) is 45.0. The maximum atomic E-state index is 12.8. The van der Waals surface area contributed by atoms with E-state index in [-0.39, 0.29) is 37.5 Å². The number of unbranched alkanes of at least 4 members (excludes halogenated alkanes) is 25. The quantitative estimate of drug-likeness (QED) is 0.0199. The Bertz CT molecular complexity index is 1380. The molecule has 0 heterocycles. The zero-order chi connectivity index (χ0) is 50.0. The molecule has 0 saturated heterocycles. The molecule has 0 aliphatic rings. The highest BCUT2D eigenvalue weighted by molar-refractivity contribution is 5.71. The van der Waals surface area contributed by atoms with Crippen LogP contribution in [0.25, 0.3) is 0 Å². The van der Waals surface area contributed by atoms with Crippen LogP contribution in [-0.2, 0) is 28.6 Å². The third-order valence-electron chi connectivity index (χ3n) is 12.1. The van der Waals surface area contributed by atoms with Gasteiger partial charge in [0.05, 0.1) is 0 Å². The van der Waals surface area contributed by atoms with Crippen molar-refractivity contribution in [3.63, 3.8) is 0 Å². The maximum absolute atomic E-state index is 12.8. The minimum absolute atomic E-state index is 0.110. The Hall–Kier alpha value is -3.67. The van der Waals surface area contributed by atoms with Crippen molar-refractivity contribution < 1.29 is 28.6 Å². The molecular formula is C63H106O6. The van der Waals surface area contributed by atoms with Gasteiger partial charge in [-0.05, 0) is 109 Å². The van der Waals surface area contributed by atoms with Gasteiger partial charge in [0.25, 0.3) is 0 Å². The second-order valence-corrected chi connectivity index (χ2v) is 18.8. The summed E-state index contributed by atoms with van der Waals surface area (Å²) in [6.45, 7) is 6.46. The lowest BCUT2D eigenvalue weighted by atomic mass is 10.1. The first-order chi connectivity index (χ1) is 34.0. The average molecular weight is 960 g/mol. The molecular weight excluding hydrogens is 853 g/mol. The molecule has 0 bridgehead atoms. The van der Waals surface area contributed by atoms with E-state index in [2.05, 4.69) is 118 Å². The molecule has 6 heteroatoms. The summed E-state index contributed by atoms with van der Waals surface area (Å²) in [6.07, 6.45) is 75.4. The first kappa shape index (κ1) is 65.3. The molecule has 0 aromatic rings. The number of carbonyl (C=O) groups is 3. The fourth-order valence-corrected chi connectivity index (χ4v) is 7.76. The number of hydrogen-bond donors (Lipinski definition) is 0. The van der Waals surface area contributed by atoms with Crippen LogP contribution in [0.4, 0.5) is 0 Å². The molecule has 0 aliphatic carbocycles. The second kappa shape index (κ2) is 56.9. The lowest BCUT2D eigenvalue weighted by molar-refractivity contribution is -0.167. The normalized spacial score (nSPS) is 12.8. The third kappa shape index (κ3) is 55.1. The molecule has 0 saturated carbocycles. The monoisotopic (exact) mass is 959 g/mol. The van der Waals surface area contributed by atoms with Gasteiger partial charge in [-0.2, -0.15) is 0 Å². The number of allylic oxidation sites excluding steroid dienone is 16. The highest BCUT2D eigenvalue weighted by Gasteiger charge is 2.19.